The molecule has 1 amide bonds. The van der Waals surface area contributed by atoms with Crippen LogP contribution < -0.4 is 9.47 Å². The van der Waals surface area contributed by atoms with Crippen molar-refractivity contribution in [1.82, 2.24) is 15.1 Å². The molecular weight excluding hydrogens is 286 g/mol. The van der Waals surface area contributed by atoms with Crippen LogP contribution in [0, 0.1) is 5.92 Å². The third-order valence-corrected chi connectivity index (χ3v) is 4.14. The lowest BCUT2D eigenvalue weighted by molar-refractivity contribution is -0.137. The summed E-state index contributed by atoms with van der Waals surface area (Å²) in [5, 5.41) is 7.83. The molecule has 7 nitrogen and oxygen atoms in total. The van der Waals surface area contributed by atoms with E-state index >= 15 is 0 Å². The molecule has 3 heterocycles. The van der Waals surface area contributed by atoms with Crippen molar-refractivity contribution in [3.8, 4) is 11.8 Å². The number of hydrogen-bond donors (Lipinski definition) is 0. The number of nitrogens with zero attached hydrogens (tertiary/aromatic N) is 3. The number of aromatic nitrogens is 2. The van der Waals surface area contributed by atoms with Crippen molar-refractivity contribution >= 4 is 5.91 Å². The maximum atomic E-state index is 12.5. The summed E-state index contributed by atoms with van der Waals surface area (Å²) < 4.78 is 16.1. The molecule has 1 aromatic rings. The zero-order chi connectivity index (χ0) is 15.4. The van der Waals surface area contributed by atoms with E-state index in [1.165, 1.54) is 0 Å². The van der Waals surface area contributed by atoms with E-state index in [0.29, 0.717) is 31.5 Å². The standard InChI is InChI=1S/C15H21N3O4/c1-20-13-2-3-14(17-16-13)22-12-4-7-18(10-12)15(19)11-5-8-21-9-6-11/h2-3,11-12H,4-10H2,1H3. The summed E-state index contributed by atoms with van der Waals surface area (Å²) in [5.74, 6) is 1.25. The van der Waals surface area contributed by atoms with Crippen LogP contribution in [0.5, 0.6) is 11.8 Å². The van der Waals surface area contributed by atoms with Gasteiger partial charge in [-0.25, -0.2) is 0 Å². The topological polar surface area (TPSA) is 73.8 Å². The van der Waals surface area contributed by atoms with Crippen molar-refractivity contribution in [3.63, 3.8) is 0 Å². The minimum absolute atomic E-state index is 0.0218. The quantitative estimate of drug-likeness (QED) is 0.822. The van der Waals surface area contributed by atoms with E-state index in [2.05, 4.69) is 10.2 Å². The first kappa shape index (κ1) is 15.0. The van der Waals surface area contributed by atoms with Gasteiger partial charge in [-0.1, -0.05) is 0 Å². The summed E-state index contributed by atoms with van der Waals surface area (Å²) in [6.07, 6.45) is 2.45. The van der Waals surface area contributed by atoms with Gasteiger partial charge in [0.25, 0.3) is 0 Å². The highest BCUT2D eigenvalue weighted by Gasteiger charge is 2.32. The number of carbonyl (C=O) groups is 1. The lowest BCUT2D eigenvalue weighted by Gasteiger charge is -2.26. The number of amides is 1. The Kier molecular flexibility index (Phi) is 4.72. The molecule has 1 aromatic heterocycles. The van der Waals surface area contributed by atoms with Crippen LogP contribution in [0.4, 0.5) is 0 Å². The largest absolute Gasteiger partial charge is 0.480 e. The molecule has 0 aromatic carbocycles. The number of methoxy groups -OCH3 is 1. The maximum Gasteiger partial charge on any atom is 0.233 e. The average molecular weight is 307 g/mol. The van der Waals surface area contributed by atoms with E-state index in [4.69, 9.17) is 14.2 Å². The Bertz CT molecular complexity index is 502. The summed E-state index contributed by atoms with van der Waals surface area (Å²) in [4.78, 5) is 14.4. The van der Waals surface area contributed by atoms with E-state index in [-0.39, 0.29) is 17.9 Å². The van der Waals surface area contributed by atoms with Crippen molar-refractivity contribution in [2.24, 2.45) is 5.92 Å². The van der Waals surface area contributed by atoms with Gasteiger partial charge in [0.15, 0.2) is 0 Å². The Morgan fingerprint density at radius 2 is 1.95 bits per heavy atom. The third-order valence-electron chi connectivity index (χ3n) is 4.14. The van der Waals surface area contributed by atoms with Crippen LogP contribution in [0.15, 0.2) is 12.1 Å². The lowest BCUT2D eigenvalue weighted by Crippen LogP contribution is -2.38. The Balaban J connectivity index is 1.51. The molecule has 2 fully saturated rings. The molecule has 2 aliphatic heterocycles. The second-order valence-electron chi connectivity index (χ2n) is 5.61. The molecule has 0 N–H and O–H groups in total. The van der Waals surface area contributed by atoms with Crippen LogP contribution in [0.25, 0.3) is 0 Å². The van der Waals surface area contributed by atoms with E-state index in [1.54, 1.807) is 19.2 Å². The summed E-state index contributed by atoms with van der Waals surface area (Å²) in [6.45, 7) is 2.73. The normalized spacial score (nSPS) is 22.6. The van der Waals surface area contributed by atoms with Crippen LogP contribution in [0.2, 0.25) is 0 Å². The molecule has 1 atom stereocenters. The van der Waals surface area contributed by atoms with E-state index < -0.39 is 0 Å². The Morgan fingerprint density at radius 3 is 2.64 bits per heavy atom. The van der Waals surface area contributed by atoms with Gasteiger partial charge in [0.05, 0.1) is 13.7 Å². The molecule has 2 saturated heterocycles. The smallest absolute Gasteiger partial charge is 0.233 e. The second kappa shape index (κ2) is 6.91. The van der Waals surface area contributed by atoms with Gasteiger partial charge >= 0.3 is 0 Å². The third kappa shape index (κ3) is 3.47. The number of rotatable bonds is 4. The van der Waals surface area contributed by atoms with Crippen LogP contribution >= 0.6 is 0 Å². The fourth-order valence-corrected chi connectivity index (χ4v) is 2.88. The van der Waals surface area contributed by atoms with Crippen molar-refractivity contribution < 1.29 is 19.0 Å². The number of ether oxygens (including phenoxy) is 3. The van der Waals surface area contributed by atoms with E-state index in [9.17, 15) is 4.79 Å². The molecule has 0 saturated carbocycles. The van der Waals surface area contributed by atoms with Gasteiger partial charge in [-0.15, -0.1) is 10.2 Å². The van der Waals surface area contributed by atoms with Gasteiger partial charge in [-0.3, -0.25) is 4.79 Å². The molecule has 22 heavy (non-hydrogen) atoms. The molecule has 1 unspecified atom stereocenters. The second-order valence-corrected chi connectivity index (χ2v) is 5.61. The minimum atomic E-state index is -0.0218. The zero-order valence-corrected chi connectivity index (χ0v) is 12.7. The average Bonchev–Trinajstić information content (AvgIpc) is 3.04. The Labute approximate surface area is 129 Å². The molecule has 0 spiro atoms. The van der Waals surface area contributed by atoms with Crippen LogP contribution in [-0.2, 0) is 9.53 Å². The highest BCUT2D eigenvalue weighted by molar-refractivity contribution is 5.79. The van der Waals surface area contributed by atoms with Gasteiger partial charge in [0.1, 0.15) is 6.10 Å². The van der Waals surface area contributed by atoms with Gasteiger partial charge < -0.3 is 19.1 Å². The molecule has 0 bridgehead atoms. The predicted octanol–water partition coefficient (Wildman–Crippen LogP) is 0.891. The molecule has 0 aliphatic carbocycles. The molecule has 7 heteroatoms. The molecule has 0 radical (unpaired) electrons. The zero-order valence-electron chi connectivity index (χ0n) is 12.7. The van der Waals surface area contributed by atoms with Gasteiger partial charge in [-0.05, 0) is 12.8 Å². The van der Waals surface area contributed by atoms with Crippen LogP contribution in [0.1, 0.15) is 19.3 Å². The molecule has 3 rings (SSSR count). The predicted molar refractivity (Wildman–Crippen MR) is 77.7 cm³/mol. The van der Waals surface area contributed by atoms with Crippen molar-refractivity contribution in [1.29, 1.82) is 0 Å². The fourth-order valence-electron chi connectivity index (χ4n) is 2.88. The van der Waals surface area contributed by atoms with Gasteiger partial charge in [0, 0.05) is 44.2 Å². The van der Waals surface area contributed by atoms with Crippen molar-refractivity contribution in [3.05, 3.63) is 12.1 Å². The van der Waals surface area contributed by atoms with Crippen molar-refractivity contribution in [2.75, 3.05) is 33.4 Å². The Morgan fingerprint density at radius 1 is 1.23 bits per heavy atom. The number of likely N-dealkylation sites (tertiary alicyclic amines) is 1. The summed E-state index contributed by atoms with van der Waals surface area (Å²) >= 11 is 0. The summed E-state index contributed by atoms with van der Waals surface area (Å²) in [5.41, 5.74) is 0. The van der Waals surface area contributed by atoms with Crippen LogP contribution in [0.3, 0.4) is 0 Å². The van der Waals surface area contributed by atoms with Gasteiger partial charge in [-0.2, -0.15) is 0 Å². The molecule has 2 aliphatic rings. The minimum Gasteiger partial charge on any atom is -0.480 e. The number of carbonyl (C=O) groups excluding carboxylic acids is 1. The highest BCUT2D eigenvalue weighted by Crippen LogP contribution is 2.22. The van der Waals surface area contributed by atoms with Crippen molar-refractivity contribution in [2.45, 2.75) is 25.4 Å². The molecule has 120 valence electrons. The number of hydrogen-bond acceptors (Lipinski definition) is 6. The first-order chi connectivity index (χ1) is 10.8. The molecular formula is C15H21N3O4. The monoisotopic (exact) mass is 307 g/mol. The van der Waals surface area contributed by atoms with Gasteiger partial charge in [0.2, 0.25) is 17.7 Å². The van der Waals surface area contributed by atoms with Crippen LogP contribution in [-0.4, -0.2) is 60.5 Å². The Hall–Kier alpha value is -1.89. The highest BCUT2D eigenvalue weighted by atomic mass is 16.5. The SMILES string of the molecule is COc1ccc(OC2CCN(C(=O)C3CCOCC3)C2)nn1. The first-order valence-electron chi connectivity index (χ1n) is 7.67. The maximum absolute atomic E-state index is 12.5. The lowest BCUT2D eigenvalue weighted by atomic mass is 9.99. The first-order valence-corrected chi connectivity index (χ1v) is 7.67. The fraction of sp³-hybridized carbons (Fsp3) is 0.667. The summed E-state index contributed by atoms with van der Waals surface area (Å²) in [7, 11) is 1.54. The summed E-state index contributed by atoms with van der Waals surface area (Å²) in [6, 6.07) is 3.44. The van der Waals surface area contributed by atoms with E-state index in [0.717, 1.165) is 25.8 Å². The van der Waals surface area contributed by atoms with E-state index in [1.807, 2.05) is 4.90 Å².